The van der Waals surface area contributed by atoms with Gasteiger partial charge in [0, 0.05) is 61.7 Å². The van der Waals surface area contributed by atoms with Gasteiger partial charge in [-0.25, -0.2) is 0 Å². The maximum Gasteiger partial charge on any atom is 0.261 e. The van der Waals surface area contributed by atoms with Crippen LogP contribution in [0, 0.1) is 0 Å². The second-order valence-electron chi connectivity index (χ2n) is 16.4. The monoisotopic (exact) mass is 745 g/mol. The van der Waals surface area contributed by atoms with Crippen LogP contribution in [0.4, 0.5) is 0 Å². The SMILES string of the molecule is CCCCC(CCCC)n1c(=O)c2ccc3c4ccc5c(=O)n(C(CCCC)CCCC)c(=O)c6cc7c(c4c56)c4c3c2c(cc4n7Cc2ccccc2)c1=O. The Morgan fingerprint density at radius 3 is 1.20 bits per heavy atom. The van der Waals surface area contributed by atoms with Crippen LogP contribution in [-0.4, -0.2) is 13.7 Å². The van der Waals surface area contributed by atoms with E-state index in [-0.39, 0.29) is 34.3 Å². The molecule has 7 heteroatoms. The molecule has 0 aliphatic rings. The van der Waals surface area contributed by atoms with Crippen LogP contribution in [0.1, 0.15) is 122 Å². The van der Waals surface area contributed by atoms with E-state index in [2.05, 4.69) is 44.4 Å². The Balaban J connectivity index is 1.46. The molecule has 0 saturated heterocycles. The fraction of sp³-hybridized carbons (Fsp3) is 0.388. The van der Waals surface area contributed by atoms with E-state index in [1.165, 1.54) is 0 Å². The predicted octanol–water partition coefficient (Wildman–Crippen LogP) is 11.2. The standard InChI is InChI=1S/C49H51N3O4/c1-5-9-18-30(19-10-6-2)51-46(53)34-24-22-32-33-23-25-35-41-37(49(56)52(47(35)54)31(20-11-7-3)21-12-8-4)27-39-45(43(33)41)44-38(26-36(48(51)55)40(34)42(32)44)50(39)28-29-16-14-13-15-17-29/h13-17,22-27,30-31H,5-12,18-21,28H2,1-4H3. The molecule has 9 rings (SSSR count). The van der Waals surface area contributed by atoms with Crippen molar-refractivity contribution in [3.63, 3.8) is 0 Å². The molecule has 0 bridgehead atoms. The summed E-state index contributed by atoms with van der Waals surface area (Å²) in [6.45, 7) is 9.13. The molecule has 0 saturated carbocycles. The number of aromatic nitrogens is 3. The van der Waals surface area contributed by atoms with E-state index in [1.54, 1.807) is 9.13 Å². The highest BCUT2D eigenvalue weighted by molar-refractivity contribution is 6.45. The summed E-state index contributed by atoms with van der Waals surface area (Å²) in [6.07, 6.45) is 10.9. The van der Waals surface area contributed by atoms with Crippen molar-refractivity contribution in [2.75, 3.05) is 0 Å². The molecule has 6 aromatic carbocycles. The summed E-state index contributed by atoms with van der Waals surface area (Å²) < 4.78 is 5.42. The van der Waals surface area contributed by atoms with Crippen LogP contribution in [0.2, 0.25) is 0 Å². The predicted molar refractivity (Wildman–Crippen MR) is 234 cm³/mol. The van der Waals surface area contributed by atoms with Gasteiger partial charge < -0.3 is 4.57 Å². The van der Waals surface area contributed by atoms with Gasteiger partial charge in [0.2, 0.25) is 0 Å². The van der Waals surface area contributed by atoms with Crippen molar-refractivity contribution < 1.29 is 0 Å². The summed E-state index contributed by atoms with van der Waals surface area (Å²) in [4.78, 5) is 59.0. The molecular weight excluding hydrogens is 695 g/mol. The first kappa shape index (κ1) is 36.3. The smallest absolute Gasteiger partial charge is 0.261 e. The maximum atomic E-state index is 14.9. The molecular formula is C49H51N3O4. The van der Waals surface area contributed by atoms with Gasteiger partial charge in [-0.1, -0.05) is 122 Å². The molecule has 286 valence electrons. The van der Waals surface area contributed by atoms with Crippen LogP contribution < -0.4 is 22.2 Å². The highest BCUT2D eigenvalue weighted by Crippen LogP contribution is 2.49. The third-order valence-electron chi connectivity index (χ3n) is 12.9. The van der Waals surface area contributed by atoms with Crippen molar-refractivity contribution in [2.24, 2.45) is 0 Å². The second kappa shape index (κ2) is 14.3. The molecule has 0 amide bonds. The molecule has 3 heterocycles. The summed E-state index contributed by atoms with van der Waals surface area (Å²) in [7, 11) is 0. The van der Waals surface area contributed by atoms with Gasteiger partial charge in [-0.2, -0.15) is 0 Å². The van der Waals surface area contributed by atoms with Crippen molar-refractivity contribution in [3.8, 4) is 0 Å². The Bertz CT molecular complexity index is 2900. The van der Waals surface area contributed by atoms with E-state index < -0.39 is 0 Å². The molecule has 0 aliphatic heterocycles. The Kier molecular flexibility index (Phi) is 9.30. The van der Waals surface area contributed by atoms with Gasteiger partial charge in [0.25, 0.3) is 22.2 Å². The van der Waals surface area contributed by atoms with Gasteiger partial charge in [-0.05, 0) is 66.3 Å². The first-order chi connectivity index (χ1) is 27.3. The van der Waals surface area contributed by atoms with E-state index in [0.717, 1.165) is 137 Å². The topological polar surface area (TPSA) is 83.1 Å². The molecule has 0 aliphatic carbocycles. The highest BCUT2D eigenvalue weighted by atomic mass is 16.2. The van der Waals surface area contributed by atoms with Crippen molar-refractivity contribution in [1.82, 2.24) is 13.7 Å². The Labute approximate surface area is 325 Å². The van der Waals surface area contributed by atoms with E-state index in [4.69, 9.17) is 0 Å². The van der Waals surface area contributed by atoms with Gasteiger partial charge >= 0.3 is 0 Å². The van der Waals surface area contributed by atoms with Gasteiger partial charge in [0.05, 0.1) is 21.8 Å². The van der Waals surface area contributed by atoms with Crippen molar-refractivity contribution in [1.29, 1.82) is 0 Å². The molecule has 0 spiro atoms. The van der Waals surface area contributed by atoms with Gasteiger partial charge in [-0.3, -0.25) is 28.3 Å². The minimum Gasteiger partial charge on any atom is -0.336 e. The average Bonchev–Trinajstić information content (AvgIpc) is 3.53. The van der Waals surface area contributed by atoms with Crippen LogP contribution >= 0.6 is 0 Å². The molecule has 0 atom stereocenters. The van der Waals surface area contributed by atoms with Crippen LogP contribution in [-0.2, 0) is 6.54 Å². The van der Waals surface area contributed by atoms with Crippen molar-refractivity contribution in [2.45, 2.75) is 123 Å². The first-order valence-corrected chi connectivity index (χ1v) is 21.2. The first-order valence-electron chi connectivity index (χ1n) is 21.2. The highest BCUT2D eigenvalue weighted by Gasteiger charge is 2.30. The number of unbranched alkanes of at least 4 members (excludes halogenated alkanes) is 4. The average molecular weight is 746 g/mol. The number of hydrogen-bond acceptors (Lipinski definition) is 4. The van der Waals surface area contributed by atoms with E-state index in [9.17, 15) is 19.2 Å². The van der Waals surface area contributed by atoms with Crippen LogP contribution in [0.15, 0.2) is 85.9 Å². The number of benzene rings is 6. The number of fused-ring (bicyclic) bond motifs is 1. The molecule has 0 N–H and O–H groups in total. The molecule has 9 aromatic rings. The zero-order valence-corrected chi connectivity index (χ0v) is 33.2. The summed E-state index contributed by atoms with van der Waals surface area (Å²) in [5.41, 5.74) is 2.04. The fourth-order valence-corrected chi connectivity index (χ4v) is 10.2. The van der Waals surface area contributed by atoms with Crippen LogP contribution in [0.3, 0.4) is 0 Å². The van der Waals surface area contributed by atoms with E-state index in [0.29, 0.717) is 28.1 Å². The number of rotatable bonds is 16. The lowest BCUT2D eigenvalue weighted by molar-refractivity contribution is 0.394. The normalized spacial score (nSPS) is 12.8. The summed E-state index contributed by atoms with van der Waals surface area (Å²) in [6, 6.07) is 21.9. The lowest BCUT2D eigenvalue weighted by Gasteiger charge is -2.22. The third kappa shape index (κ3) is 5.29. The van der Waals surface area contributed by atoms with Crippen molar-refractivity contribution in [3.05, 3.63) is 114 Å². The zero-order valence-electron chi connectivity index (χ0n) is 33.2. The Morgan fingerprint density at radius 1 is 0.429 bits per heavy atom. The largest absolute Gasteiger partial charge is 0.336 e. The molecule has 0 radical (unpaired) electrons. The third-order valence-corrected chi connectivity index (χ3v) is 12.9. The molecule has 0 fully saturated rings. The van der Waals surface area contributed by atoms with Gasteiger partial charge in [0.15, 0.2) is 0 Å². The maximum absolute atomic E-state index is 14.9. The molecule has 7 nitrogen and oxygen atoms in total. The number of nitrogens with zero attached hydrogens (tertiary/aromatic N) is 3. The molecule has 0 unspecified atom stereocenters. The summed E-state index contributed by atoms with van der Waals surface area (Å²) in [5, 5.41) is 9.36. The zero-order chi connectivity index (χ0) is 38.8. The second-order valence-corrected chi connectivity index (χ2v) is 16.4. The summed E-state index contributed by atoms with van der Waals surface area (Å²) in [5.74, 6) is 0. The quantitative estimate of drug-likeness (QED) is 0.0728. The number of pyridine rings is 2. The van der Waals surface area contributed by atoms with Crippen molar-refractivity contribution >= 4 is 75.7 Å². The van der Waals surface area contributed by atoms with E-state index >= 15 is 0 Å². The lowest BCUT2D eigenvalue weighted by Crippen LogP contribution is -2.37. The summed E-state index contributed by atoms with van der Waals surface area (Å²) >= 11 is 0. The lowest BCUT2D eigenvalue weighted by atomic mass is 9.86. The Hall–Kier alpha value is -5.30. The van der Waals surface area contributed by atoms with Crippen LogP contribution in [0.5, 0.6) is 0 Å². The molecule has 56 heavy (non-hydrogen) atoms. The Morgan fingerprint density at radius 2 is 0.804 bits per heavy atom. The van der Waals surface area contributed by atoms with E-state index in [1.807, 2.05) is 54.6 Å². The minimum atomic E-state index is -0.221. The van der Waals surface area contributed by atoms with Gasteiger partial charge in [0.1, 0.15) is 0 Å². The fourth-order valence-electron chi connectivity index (χ4n) is 10.2. The van der Waals surface area contributed by atoms with Gasteiger partial charge in [-0.15, -0.1) is 0 Å². The van der Waals surface area contributed by atoms with Crippen LogP contribution in [0.25, 0.3) is 75.7 Å². The minimum absolute atomic E-state index is 0.163. The number of hydrogen-bond donors (Lipinski definition) is 0. The molecule has 3 aromatic heterocycles.